The molecule has 2 aromatic heterocycles. The zero-order chi connectivity index (χ0) is 14.8. The van der Waals surface area contributed by atoms with Gasteiger partial charge in [-0.2, -0.15) is 0 Å². The summed E-state index contributed by atoms with van der Waals surface area (Å²) in [5.41, 5.74) is 4.33. The summed E-state index contributed by atoms with van der Waals surface area (Å²) in [4.78, 5) is 3.20. The molecule has 0 bridgehead atoms. The Bertz CT molecular complexity index is 802. The van der Waals surface area contributed by atoms with Crippen molar-refractivity contribution in [1.29, 1.82) is 0 Å². The fourth-order valence-electron chi connectivity index (χ4n) is 2.64. The van der Waals surface area contributed by atoms with Gasteiger partial charge in [0.15, 0.2) is 5.76 Å². The molecule has 1 N–H and O–H groups in total. The van der Waals surface area contributed by atoms with E-state index >= 15 is 0 Å². The number of furan rings is 1. The van der Waals surface area contributed by atoms with E-state index in [2.05, 4.69) is 35.3 Å². The summed E-state index contributed by atoms with van der Waals surface area (Å²) in [5, 5.41) is 0. The fraction of sp³-hybridized carbons (Fsp3) is 0. The zero-order valence-electron chi connectivity index (χ0n) is 12.0. The minimum Gasteiger partial charge on any atom is -0.454 e. The average Bonchev–Trinajstić information content (AvgIpc) is 3.26. The largest absolute Gasteiger partial charge is 0.454 e. The van der Waals surface area contributed by atoms with Crippen LogP contribution >= 0.6 is 0 Å². The smallest absolute Gasteiger partial charge is 0.151 e. The lowest BCUT2D eigenvalue weighted by Crippen LogP contribution is -1.78. The van der Waals surface area contributed by atoms with E-state index in [0.717, 1.165) is 33.9 Å². The van der Waals surface area contributed by atoms with Crippen LogP contribution < -0.4 is 0 Å². The van der Waals surface area contributed by atoms with Gasteiger partial charge in [-0.15, -0.1) is 0 Å². The SMILES string of the molecule is c1ccc(-c2cc(-c3ccc[nH]3)oc2-c2ccccc2)cc1. The first-order valence-electron chi connectivity index (χ1n) is 7.30. The molecule has 0 aliphatic rings. The van der Waals surface area contributed by atoms with E-state index in [9.17, 15) is 0 Å². The molecule has 4 aromatic rings. The Labute approximate surface area is 129 Å². The summed E-state index contributed by atoms with van der Waals surface area (Å²) >= 11 is 0. The average molecular weight is 285 g/mol. The van der Waals surface area contributed by atoms with Gasteiger partial charge in [0.1, 0.15) is 5.76 Å². The second kappa shape index (κ2) is 5.41. The Kier molecular flexibility index (Phi) is 3.13. The second-order valence-electron chi connectivity index (χ2n) is 5.17. The fourth-order valence-corrected chi connectivity index (χ4v) is 2.64. The van der Waals surface area contributed by atoms with Crippen molar-refractivity contribution in [2.75, 3.05) is 0 Å². The van der Waals surface area contributed by atoms with Crippen LogP contribution in [0, 0.1) is 0 Å². The van der Waals surface area contributed by atoms with Crippen LogP contribution in [-0.4, -0.2) is 4.98 Å². The van der Waals surface area contributed by atoms with Gasteiger partial charge >= 0.3 is 0 Å². The van der Waals surface area contributed by atoms with Crippen molar-refractivity contribution < 1.29 is 4.42 Å². The van der Waals surface area contributed by atoms with Gasteiger partial charge < -0.3 is 9.40 Å². The van der Waals surface area contributed by atoms with Crippen molar-refractivity contribution >= 4 is 0 Å². The third-order valence-corrected chi connectivity index (χ3v) is 3.72. The minimum atomic E-state index is 0.850. The highest BCUT2D eigenvalue weighted by Gasteiger charge is 2.15. The molecule has 0 atom stereocenters. The lowest BCUT2D eigenvalue weighted by atomic mass is 10.0. The van der Waals surface area contributed by atoms with E-state index in [-0.39, 0.29) is 0 Å². The van der Waals surface area contributed by atoms with Crippen molar-refractivity contribution in [2.45, 2.75) is 0 Å². The van der Waals surface area contributed by atoms with E-state index in [0.29, 0.717) is 0 Å². The third-order valence-electron chi connectivity index (χ3n) is 3.72. The second-order valence-corrected chi connectivity index (χ2v) is 5.17. The highest BCUT2D eigenvalue weighted by atomic mass is 16.3. The van der Waals surface area contributed by atoms with Gasteiger partial charge in [-0.05, 0) is 23.8 Å². The van der Waals surface area contributed by atoms with Crippen LogP contribution in [0.3, 0.4) is 0 Å². The predicted octanol–water partition coefficient (Wildman–Crippen LogP) is 5.61. The normalized spacial score (nSPS) is 10.7. The summed E-state index contributed by atoms with van der Waals surface area (Å²) in [6, 6.07) is 26.6. The molecule has 0 unspecified atom stereocenters. The predicted molar refractivity (Wildman–Crippen MR) is 89.4 cm³/mol. The first-order valence-corrected chi connectivity index (χ1v) is 7.30. The van der Waals surface area contributed by atoms with Crippen molar-refractivity contribution in [3.8, 4) is 33.9 Å². The number of H-pyrrole nitrogens is 1. The zero-order valence-corrected chi connectivity index (χ0v) is 12.0. The van der Waals surface area contributed by atoms with Crippen LogP contribution in [0.15, 0.2) is 89.5 Å². The van der Waals surface area contributed by atoms with Gasteiger partial charge in [-0.3, -0.25) is 0 Å². The molecule has 0 saturated carbocycles. The molecule has 2 heterocycles. The highest BCUT2D eigenvalue weighted by Crippen LogP contribution is 2.38. The van der Waals surface area contributed by atoms with E-state index < -0.39 is 0 Å². The first-order chi connectivity index (χ1) is 10.9. The lowest BCUT2D eigenvalue weighted by Gasteiger charge is -2.02. The number of aromatic nitrogens is 1. The number of aromatic amines is 1. The van der Waals surface area contributed by atoms with Gasteiger partial charge in [-0.1, -0.05) is 60.7 Å². The highest BCUT2D eigenvalue weighted by molar-refractivity contribution is 5.83. The van der Waals surface area contributed by atoms with Crippen molar-refractivity contribution in [1.82, 2.24) is 4.98 Å². The van der Waals surface area contributed by atoms with E-state index in [4.69, 9.17) is 4.42 Å². The maximum Gasteiger partial charge on any atom is 0.151 e. The van der Waals surface area contributed by atoms with Gasteiger partial charge in [-0.25, -0.2) is 0 Å². The van der Waals surface area contributed by atoms with E-state index in [1.807, 2.05) is 54.7 Å². The molecule has 2 aromatic carbocycles. The Morgan fingerprint density at radius 1 is 0.682 bits per heavy atom. The Balaban J connectivity index is 1.92. The third kappa shape index (κ3) is 2.25. The van der Waals surface area contributed by atoms with Crippen molar-refractivity contribution in [3.63, 3.8) is 0 Å². The van der Waals surface area contributed by atoms with Crippen LogP contribution in [0.25, 0.3) is 33.9 Å². The number of nitrogens with one attached hydrogen (secondary N) is 1. The van der Waals surface area contributed by atoms with Gasteiger partial charge in [0.25, 0.3) is 0 Å². The maximum absolute atomic E-state index is 6.17. The first kappa shape index (κ1) is 12.7. The van der Waals surface area contributed by atoms with Crippen LogP contribution in [0.2, 0.25) is 0 Å². The van der Waals surface area contributed by atoms with Crippen LogP contribution in [-0.2, 0) is 0 Å². The van der Waals surface area contributed by atoms with Crippen LogP contribution in [0.1, 0.15) is 0 Å². The summed E-state index contributed by atoms with van der Waals surface area (Å²) in [7, 11) is 0. The van der Waals surface area contributed by atoms with Crippen LogP contribution in [0.4, 0.5) is 0 Å². The number of benzene rings is 2. The maximum atomic E-state index is 6.17. The standard InChI is InChI=1S/C20H15NO/c1-3-8-15(9-4-1)17-14-19(18-12-7-13-21-18)22-20(17)16-10-5-2-6-11-16/h1-14,21H. The monoisotopic (exact) mass is 285 g/mol. The number of hydrogen-bond donors (Lipinski definition) is 1. The van der Waals surface area contributed by atoms with Crippen molar-refractivity contribution in [2.24, 2.45) is 0 Å². The molecule has 0 spiro atoms. The van der Waals surface area contributed by atoms with Crippen LogP contribution in [0.5, 0.6) is 0 Å². The molecule has 0 saturated heterocycles. The van der Waals surface area contributed by atoms with Gasteiger partial charge in [0.05, 0.1) is 5.69 Å². The molecule has 0 aliphatic heterocycles. The minimum absolute atomic E-state index is 0.850. The Morgan fingerprint density at radius 2 is 1.36 bits per heavy atom. The van der Waals surface area contributed by atoms with Crippen molar-refractivity contribution in [3.05, 3.63) is 85.1 Å². The summed E-state index contributed by atoms with van der Waals surface area (Å²) in [6.07, 6.45) is 1.90. The Hall–Kier alpha value is -3.00. The molecular weight excluding hydrogens is 270 g/mol. The molecule has 0 fully saturated rings. The Morgan fingerprint density at radius 3 is 2.00 bits per heavy atom. The summed E-state index contributed by atoms with van der Waals surface area (Å²) < 4.78 is 6.17. The molecule has 22 heavy (non-hydrogen) atoms. The lowest BCUT2D eigenvalue weighted by molar-refractivity contribution is 0.596. The van der Waals surface area contributed by atoms with Gasteiger partial charge in [0, 0.05) is 17.3 Å². The summed E-state index contributed by atoms with van der Waals surface area (Å²) in [5.74, 6) is 1.75. The molecule has 2 nitrogen and oxygen atoms in total. The molecule has 2 heteroatoms. The molecule has 0 radical (unpaired) electrons. The number of rotatable bonds is 3. The molecule has 106 valence electrons. The van der Waals surface area contributed by atoms with E-state index in [1.165, 1.54) is 0 Å². The molecule has 0 aliphatic carbocycles. The van der Waals surface area contributed by atoms with Gasteiger partial charge in [0.2, 0.25) is 0 Å². The molecule has 4 rings (SSSR count). The molecule has 0 amide bonds. The molecular formula is C20H15NO. The summed E-state index contributed by atoms with van der Waals surface area (Å²) in [6.45, 7) is 0. The number of hydrogen-bond acceptors (Lipinski definition) is 1. The van der Waals surface area contributed by atoms with E-state index in [1.54, 1.807) is 0 Å². The quantitative estimate of drug-likeness (QED) is 0.521. The topological polar surface area (TPSA) is 28.9 Å².